The summed E-state index contributed by atoms with van der Waals surface area (Å²) in [6, 6.07) is 3.73. The van der Waals surface area contributed by atoms with Gasteiger partial charge in [0.1, 0.15) is 0 Å². The minimum absolute atomic E-state index is 0.0113. The number of benzene rings is 1. The lowest BCUT2D eigenvalue weighted by Crippen LogP contribution is -1.95. The Bertz CT molecular complexity index is 505. The average molecular weight is 214 g/mol. The van der Waals surface area contributed by atoms with Gasteiger partial charge in [0.15, 0.2) is 5.78 Å². The fourth-order valence-electron chi connectivity index (χ4n) is 1.58. The fraction of sp³-hybridized carbons (Fsp3) is 0.222. The van der Waals surface area contributed by atoms with Crippen molar-refractivity contribution in [2.24, 2.45) is 0 Å². The Kier molecular flexibility index (Phi) is 1.92. The Labute approximate surface area is 80.8 Å². The number of carbonyl (C=O) groups excluding carboxylic acids is 1. The summed E-state index contributed by atoms with van der Waals surface area (Å²) in [5, 5.41) is 0. The number of carbonyl (C=O) groups is 1. The normalized spacial score (nSPS) is 15.6. The van der Waals surface area contributed by atoms with Crippen molar-refractivity contribution >= 4 is 16.0 Å². The zero-order valence-corrected chi connectivity index (χ0v) is 7.97. The number of rotatable bonds is 1. The summed E-state index contributed by atoms with van der Waals surface area (Å²) < 4.78 is 33.7. The Morgan fingerprint density at radius 3 is 2.57 bits per heavy atom. The first kappa shape index (κ1) is 9.33. The van der Waals surface area contributed by atoms with Crippen molar-refractivity contribution in [3.8, 4) is 0 Å². The van der Waals surface area contributed by atoms with E-state index in [2.05, 4.69) is 0 Å². The molecule has 1 aromatic rings. The number of aryl methyl sites for hydroxylation is 1. The van der Waals surface area contributed by atoms with Crippen LogP contribution in [-0.4, -0.2) is 14.2 Å². The summed E-state index contributed by atoms with van der Waals surface area (Å²) in [6.07, 6.45) is 0.878. The third-order valence-corrected chi connectivity index (χ3v) is 3.10. The number of hydrogen-bond acceptors (Lipinski definition) is 3. The van der Waals surface area contributed by atoms with E-state index in [9.17, 15) is 17.1 Å². The fourth-order valence-corrected chi connectivity index (χ4v) is 2.10. The van der Waals surface area contributed by atoms with Gasteiger partial charge in [-0.2, -0.15) is 8.42 Å². The molecule has 1 aliphatic rings. The highest BCUT2D eigenvalue weighted by Gasteiger charge is 2.22. The molecule has 0 saturated heterocycles. The average Bonchev–Trinajstić information content (AvgIpc) is 2.46. The largest absolute Gasteiger partial charge is 0.332 e. The van der Waals surface area contributed by atoms with Crippen LogP contribution in [0.3, 0.4) is 0 Å². The van der Waals surface area contributed by atoms with Crippen LogP contribution in [0.5, 0.6) is 0 Å². The van der Waals surface area contributed by atoms with Crippen molar-refractivity contribution < 1.29 is 17.1 Å². The molecule has 0 heterocycles. The van der Waals surface area contributed by atoms with Crippen LogP contribution in [0, 0.1) is 0 Å². The second kappa shape index (κ2) is 2.88. The van der Waals surface area contributed by atoms with Gasteiger partial charge in [0.2, 0.25) is 0 Å². The molecule has 5 heteroatoms. The summed E-state index contributed by atoms with van der Waals surface area (Å²) in [6.45, 7) is 0. The molecule has 0 fully saturated rings. The number of hydrogen-bond donors (Lipinski definition) is 0. The van der Waals surface area contributed by atoms with Crippen molar-refractivity contribution in [2.45, 2.75) is 17.7 Å². The highest BCUT2D eigenvalue weighted by molar-refractivity contribution is 7.86. The first-order valence-corrected chi connectivity index (χ1v) is 5.47. The van der Waals surface area contributed by atoms with Crippen LogP contribution in [0.4, 0.5) is 3.89 Å². The molecule has 74 valence electrons. The van der Waals surface area contributed by atoms with Crippen LogP contribution in [0.2, 0.25) is 0 Å². The van der Waals surface area contributed by atoms with Gasteiger partial charge in [-0.15, -0.1) is 3.89 Å². The number of Topliss-reactive ketones (excluding diaryl/α,β-unsaturated/α-hetero) is 1. The maximum absolute atomic E-state index is 12.6. The molecule has 1 aliphatic carbocycles. The zero-order chi connectivity index (χ0) is 10.3. The molecule has 3 nitrogen and oxygen atoms in total. The summed E-state index contributed by atoms with van der Waals surface area (Å²) >= 11 is 0. The second-order valence-corrected chi connectivity index (χ2v) is 4.53. The SMILES string of the molecule is O=C1CCc2cc(S(=O)(=O)F)ccc21. The molecule has 0 radical (unpaired) electrons. The van der Waals surface area contributed by atoms with Crippen molar-refractivity contribution in [3.63, 3.8) is 0 Å². The van der Waals surface area contributed by atoms with Gasteiger partial charge < -0.3 is 0 Å². The Morgan fingerprint density at radius 1 is 1.21 bits per heavy atom. The topological polar surface area (TPSA) is 51.2 Å². The van der Waals surface area contributed by atoms with Crippen LogP contribution in [0.1, 0.15) is 22.3 Å². The van der Waals surface area contributed by atoms with E-state index in [1.165, 1.54) is 12.1 Å². The minimum Gasteiger partial charge on any atom is -0.294 e. The molecule has 1 aromatic carbocycles. The van der Waals surface area contributed by atoms with Gasteiger partial charge in [-0.1, -0.05) is 0 Å². The van der Waals surface area contributed by atoms with E-state index in [0.717, 1.165) is 6.07 Å². The van der Waals surface area contributed by atoms with E-state index in [1.54, 1.807) is 0 Å². The first-order chi connectivity index (χ1) is 6.48. The van der Waals surface area contributed by atoms with E-state index in [4.69, 9.17) is 0 Å². The zero-order valence-electron chi connectivity index (χ0n) is 7.16. The maximum atomic E-state index is 12.6. The first-order valence-electron chi connectivity index (χ1n) is 4.09. The number of fused-ring (bicyclic) bond motifs is 1. The number of ketones is 1. The molecule has 0 saturated carbocycles. The van der Waals surface area contributed by atoms with E-state index < -0.39 is 10.2 Å². The summed E-state index contributed by atoms with van der Waals surface area (Å²) in [5.41, 5.74) is 1.13. The van der Waals surface area contributed by atoms with Crippen LogP contribution in [0.25, 0.3) is 0 Å². The second-order valence-electron chi connectivity index (χ2n) is 3.18. The third kappa shape index (κ3) is 1.43. The lowest BCUT2D eigenvalue weighted by Gasteiger charge is -1.99. The Hall–Kier alpha value is -1.23. The molecule has 14 heavy (non-hydrogen) atoms. The molecule has 2 rings (SSSR count). The van der Waals surface area contributed by atoms with E-state index in [-0.39, 0.29) is 10.7 Å². The quantitative estimate of drug-likeness (QED) is 0.665. The Morgan fingerprint density at radius 2 is 1.93 bits per heavy atom. The molecule has 0 unspecified atom stereocenters. The van der Waals surface area contributed by atoms with Gasteiger partial charge in [-0.05, 0) is 30.2 Å². The molecule has 0 amide bonds. The van der Waals surface area contributed by atoms with Gasteiger partial charge in [-0.25, -0.2) is 0 Å². The summed E-state index contributed by atoms with van der Waals surface area (Å²) in [7, 11) is -4.65. The van der Waals surface area contributed by atoms with Crippen molar-refractivity contribution in [1.82, 2.24) is 0 Å². The van der Waals surface area contributed by atoms with Crippen LogP contribution >= 0.6 is 0 Å². The predicted molar refractivity (Wildman–Crippen MR) is 47.4 cm³/mol. The predicted octanol–water partition coefficient (Wildman–Crippen LogP) is 1.47. The Balaban J connectivity index is 2.58. The van der Waals surface area contributed by atoms with Gasteiger partial charge in [0.05, 0.1) is 4.90 Å². The van der Waals surface area contributed by atoms with Gasteiger partial charge in [0, 0.05) is 12.0 Å². The molecule has 0 aromatic heterocycles. The number of halogens is 1. The lowest BCUT2D eigenvalue weighted by molar-refractivity contribution is 0.0994. The smallest absolute Gasteiger partial charge is 0.294 e. The van der Waals surface area contributed by atoms with Crippen molar-refractivity contribution in [1.29, 1.82) is 0 Å². The van der Waals surface area contributed by atoms with Gasteiger partial charge in [0.25, 0.3) is 0 Å². The standard InChI is InChI=1S/C9H7FO3S/c10-14(12,13)7-2-3-8-6(5-7)1-4-9(8)11/h2-3,5H,1,4H2. The van der Waals surface area contributed by atoms with Crippen LogP contribution < -0.4 is 0 Å². The van der Waals surface area contributed by atoms with E-state index in [0.29, 0.717) is 24.0 Å². The molecule has 0 N–H and O–H groups in total. The van der Waals surface area contributed by atoms with Crippen molar-refractivity contribution in [2.75, 3.05) is 0 Å². The summed E-state index contributed by atoms with van der Waals surface area (Å²) in [5.74, 6) is -0.0113. The highest BCUT2D eigenvalue weighted by atomic mass is 32.3. The highest BCUT2D eigenvalue weighted by Crippen LogP contribution is 2.25. The van der Waals surface area contributed by atoms with E-state index in [1.807, 2.05) is 0 Å². The molecular weight excluding hydrogens is 207 g/mol. The van der Waals surface area contributed by atoms with Crippen molar-refractivity contribution in [3.05, 3.63) is 29.3 Å². The molecule has 0 aliphatic heterocycles. The lowest BCUT2D eigenvalue weighted by atomic mass is 10.1. The molecule has 0 spiro atoms. The molecule has 0 bridgehead atoms. The monoisotopic (exact) mass is 214 g/mol. The summed E-state index contributed by atoms with van der Waals surface area (Å²) in [4.78, 5) is 10.8. The van der Waals surface area contributed by atoms with Crippen LogP contribution in [-0.2, 0) is 16.6 Å². The molecular formula is C9H7FO3S. The van der Waals surface area contributed by atoms with Gasteiger partial charge in [-0.3, -0.25) is 4.79 Å². The third-order valence-electron chi connectivity index (χ3n) is 2.28. The molecule has 0 atom stereocenters. The van der Waals surface area contributed by atoms with E-state index >= 15 is 0 Å². The van der Waals surface area contributed by atoms with Gasteiger partial charge >= 0.3 is 10.2 Å². The minimum atomic E-state index is -4.65. The van der Waals surface area contributed by atoms with Crippen LogP contribution in [0.15, 0.2) is 23.1 Å². The maximum Gasteiger partial charge on any atom is 0.332 e.